The van der Waals surface area contributed by atoms with Gasteiger partial charge in [-0.1, -0.05) is 35.9 Å². The van der Waals surface area contributed by atoms with Crippen LogP contribution in [0.25, 0.3) is 5.69 Å². The Kier molecular flexibility index (Phi) is 5.88. The van der Waals surface area contributed by atoms with Crippen molar-refractivity contribution in [2.45, 2.75) is 32.9 Å². The normalized spacial score (nSPS) is 17.8. The summed E-state index contributed by atoms with van der Waals surface area (Å²) in [6.45, 7) is 6.17. The van der Waals surface area contributed by atoms with Gasteiger partial charge in [-0.3, -0.25) is 4.98 Å². The molecule has 1 saturated heterocycles. The van der Waals surface area contributed by atoms with Gasteiger partial charge in [0.05, 0.1) is 23.5 Å². The van der Waals surface area contributed by atoms with Crippen LogP contribution in [0.1, 0.15) is 40.3 Å². The van der Waals surface area contributed by atoms with Gasteiger partial charge < -0.3 is 14.8 Å². The average molecular weight is 491 g/mol. The van der Waals surface area contributed by atoms with Gasteiger partial charge in [-0.2, -0.15) is 0 Å². The Morgan fingerprint density at radius 1 is 0.971 bits per heavy atom. The lowest BCUT2D eigenvalue weighted by molar-refractivity contribution is 0.556. The molecule has 0 bridgehead atoms. The molecule has 0 unspecified atom stereocenters. The van der Waals surface area contributed by atoms with Crippen LogP contribution in [-0.4, -0.2) is 14.7 Å². The number of benzene rings is 2. The summed E-state index contributed by atoms with van der Waals surface area (Å²) in [6, 6.07) is 20.1. The second-order valence-corrected chi connectivity index (χ2v) is 9.29. The van der Waals surface area contributed by atoms with E-state index >= 15 is 4.39 Å². The van der Waals surface area contributed by atoms with Crippen molar-refractivity contribution in [2.24, 2.45) is 0 Å². The van der Waals surface area contributed by atoms with E-state index in [4.69, 9.17) is 23.8 Å². The molecule has 2 atom stereocenters. The number of aromatic nitrogens is 2. The number of anilines is 1. The van der Waals surface area contributed by atoms with E-state index in [0.717, 1.165) is 38.9 Å². The molecule has 172 valence electrons. The Bertz CT molecular complexity index is 1380. The molecule has 5 rings (SSSR count). The van der Waals surface area contributed by atoms with Crippen LogP contribution in [0, 0.1) is 26.6 Å². The van der Waals surface area contributed by atoms with Crippen molar-refractivity contribution in [1.82, 2.24) is 14.9 Å². The molecule has 0 amide bonds. The van der Waals surface area contributed by atoms with Crippen LogP contribution >= 0.6 is 23.8 Å². The number of aryl methyl sites for hydroxylation is 1. The van der Waals surface area contributed by atoms with Crippen LogP contribution in [0.5, 0.6) is 0 Å². The molecule has 4 nitrogen and oxygen atoms in total. The van der Waals surface area contributed by atoms with Gasteiger partial charge in [0.15, 0.2) is 5.11 Å². The van der Waals surface area contributed by atoms with Gasteiger partial charge in [-0.05, 0) is 86.6 Å². The predicted octanol–water partition coefficient (Wildman–Crippen LogP) is 6.77. The standard InChI is InChI=1S/C27H24ClFN4S/c1-16-15-19(18(3)32(16)23-13-8-9-20(28)17(23)2)26-25(22-11-6-7-14-30-22)31-27(34)33(26)24-12-5-4-10-21(24)29/h4-15,25-26H,1-3H3,(H,31,34)/t25-,26-/m1/s1. The highest BCUT2D eigenvalue weighted by Gasteiger charge is 2.43. The zero-order valence-electron chi connectivity index (χ0n) is 19.1. The summed E-state index contributed by atoms with van der Waals surface area (Å²) in [5, 5.41) is 4.59. The molecular formula is C27H24ClFN4S. The Morgan fingerprint density at radius 2 is 1.71 bits per heavy atom. The molecule has 0 aliphatic carbocycles. The van der Waals surface area contributed by atoms with Gasteiger partial charge in [-0.25, -0.2) is 4.39 Å². The van der Waals surface area contributed by atoms with E-state index in [9.17, 15) is 0 Å². The predicted molar refractivity (Wildman–Crippen MR) is 139 cm³/mol. The fourth-order valence-corrected chi connectivity index (χ4v) is 5.38. The molecule has 3 heterocycles. The third-order valence-electron chi connectivity index (χ3n) is 6.48. The topological polar surface area (TPSA) is 33.1 Å². The molecule has 1 N–H and O–H groups in total. The summed E-state index contributed by atoms with van der Waals surface area (Å²) in [5.74, 6) is -0.321. The van der Waals surface area contributed by atoms with Crippen molar-refractivity contribution in [3.8, 4) is 5.69 Å². The summed E-state index contributed by atoms with van der Waals surface area (Å²) >= 11 is 12.2. The maximum Gasteiger partial charge on any atom is 0.174 e. The van der Waals surface area contributed by atoms with Crippen LogP contribution in [-0.2, 0) is 0 Å². The molecular weight excluding hydrogens is 467 g/mol. The molecule has 1 fully saturated rings. The number of halogens is 2. The van der Waals surface area contributed by atoms with Crippen molar-refractivity contribution in [3.05, 3.63) is 112 Å². The van der Waals surface area contributed by atoms with E-state index in [0.29, 0.717) is 10.8 Å². The molecule has 0 saturated carbocycles. The molecule has 7 heteroatoms. The number of hydrogen-bond donors (Lipinski definition) is 1. The first-order valence-corrected chi connectivity index (χ1v) is 11.9. The summed E-state index contributed by atoms with van der Waals surface area (Å²) in [7, 11) is 0. The van der Waals surface area contributed by atoms with Crippen molar-refractivity contribution >= 4 is 34.6 Å². The minimum absolute atomic E-state index is 0.247. The second kappa shape index (κ2) is 8.85. The summed E-state index contributed by atoms with van der Waals surface area (Å²) in [5.41, 5.74) is 6.46. The maximum atomic E-state index is 15.0. The van der Waals surface area contributed by atoms with Gasteiger partial charge >= 0.3 is 0 Å². The fourth-order valence-electron chi connectivity index (χ4n) is 4.87. The Morgan fingerprint density at radius 3 is 2.44 bits per heavy atom. The number of para-hydroxylation sites is 1. The highest BCUT2D eigenvalue weighted by atomic mass is 35.5. The van der Waals surface area contributed by atoms with E-state index in [1.165, 1.54) is 6.07 Å². The molecule has 0 spiro atoms. The molecule has 4 aromatic rings. The number of hydrogen-bond acceptors (Lipinski definition) is 2. The summed E-state index contributed by atoms with van der Waals surface area (Å²) in [4.78, 5) is 6.47. The quantitative estimate of drug-likeness (QED) is 0.320. The molecule has 34 heavy (non-hydrogen) atoms. The van der Waals surface area contributed by atoms with E-state index in [-0.39, 0.29) is 17.9 Å². The number of thiocarbonyl (C=S) groups is 1. The van der Waals surface area contributed by atoms with Crippen molar-refractivity contribution in [1.29, 1.82) is 0 Å². The summed E-state index contributed by atoms with van der Waals surface area (Å²) < 4.78 is 17.2. The molecule has 1 aliphatic rings. The monoisotopic (exact) mass is 490 g/mol. The van der Waals surface area contributed by atoms with Gasteiger partial charge in [0.2, 0.25) is 0 Å². The Labute approximate surface area is 209 Å². The van der Waals surface area contributed by atoms with Crippen LogP contribution in [0.3, 0.4) is 0 Å². The first kappa shape index (κ1) is 22.6. The maximum absolute atomic E-state index is 15.0. The third kappa shape index (κ3) is 3.67. The van der Waals surface area contributed by atoms with E-state index < -0.39 is 0 Å². The number of rotatable bonds is 4. The molecule has 2 aromatic carbocycles. The van der Waals surface area contributed by atoms with Crippen molar-refractivity contribution in [2.75, 3.05) is 4.90 Å². The van der Waals surface area contributed by atoms with E-state index in [1.54, 1.807) is 18.3 Å². The second-order valence-electron chi connectivity index (χ2n) is 8.49. The van der Waals surface area contributed by atoms with Gasteiger partial charge in [0.25, 0.3) is 0 Å². The lowest BCUT2D eigenvalue weighted by Gasteiger charge is -2.28. The smallest absolute Gasteiger partial charge is 0.174 e. The van der Waals surface area contributed by atoms with Crippen molar-refractivity contribution < 1.29 is 4.39 Å². The SMILES string of the molecule is Cc1c(Cl)cccc1-n1c(C)cc([C@@H]2[C@@H](c3ccccn3)NC(=S)N2c2ccccc2F)c1C. The molecule has 2 aromatic heterocycles. The Balaban J connectivity index is 1.72. The van der Waals surface area contributed by atoms with Gasteiger partial charge in [-0.15, -0.1) is 0 Å². The minimum Gasteiger partial charge on any atom is -0.351 e. The zero-order valence-corrected chi connectivity index (χ0v) is 20.7. The largest absolute Gasteiger partial charge is 0.351 e. The van der Waals surface area contributed by atoms with Gasteiger partial charge in [0, 0.05) is 28.3 Å². The first-order chi connectivity index (χ1) is 16.4. The number of pyridine rings is 1. The van der Waals surface area contributed by atoms with Crippen molar-refractivity contribution in [3.63, 3.8) is 0 Å². The summed E-state index contributed by atoms with van der Waals surface area (Å²) in [6.07, 6.45) is 1.77. The third-order valence-corrected chi connectivity index (χ3v) is 7.20. The van der Waals surface area contributed by atoms with Crippen LogP contribution in [0.4, 0.5) is 10.1 Å². The highest BCUT2D eigenvalue weighted by molar-refractivity contribution is 7.80. The van der Waals surface area contributed by atoms with E-state index in [1.807, 2.05) is 48.2 Å². The molecule has 0 radical (unpaired) electrons. The number of nitrogens with zero attached hydrogens (tertiary/aromatic N) is 3. The van der Waals surface area contributed by atoms with E-state index in [2.05, 4.69) is 40.8 Å². The Hall–Kier alpha value is -3.22. The zero-order chi connectivity index (χ0) is 24.0. The van der Waals surface area contributed by atoms with Gasteiger partial charge in [0.1, 0.15) is 5.82 Å². The number of nitrogens with one attached hydrogen (secondary N) is 1. The lowest BCUT2D eigenvalue weighted by atomic mass is 9.96. The van der Waals surface area contributed by atoms with Crippen LogP contribution in [0.2, 0.25) is 5.02 Å². The first-order valence-electron chi connectivity index (χ1n) is 11.1. The molecule has 1 aliphatic heterocycles. The highest BCUT2D eigenvalue weighted by Crippen LogP contribution is 2.44. The fraction of sp³-hybridized carbons (Fsp3) is 0.185. The van der Waals surface area contributed by atoms with Crippen LogP contribution in [0.15, 0.2) is 72.9 Å². The average Bonchev–Trinajstić information content (AvgIpc) is 3.32. The lowest BCUT2D eigenvalue weighted by Crippen LogP contribution is -2.30. The minimum atomic E-state index is -0.321. The van der Waals surface area contributed by atoms with Crippen LogP contribution < -0.4 is 10.2 Å².